The minimum Gasteiger partial charge on any atom is -0.495 e. The van der Waals surface area contributed by atoms with E-state index in [4.69, 9.17) is 14.5 Å². The Hall–Kier alpha value is -2.32. The van der Waals surface area contributed by atoms with Gasteiger partial charge in [-0.15, -0.1) is 0 Å². The van der Waals surface area contributed by atoms with Crippen LogP contribution in [0.2, 0.25) is 0 Å². The molecule has 0 radical (unpaired) electrons. The van der Waals surface area contributed by atoms with Gasteiger partial charge in [0.1, 0.15) is 18.1 Å². The van der Waals surface area contributed by atoms with Gasteiger partial charge in [0.25, 0.3) is 0 Å². The maximum Gasteiger partial charge on any atom is 0.136 e. The monoisotopic (exact) mass is 243 g/mol. The Morgan fingerprint density at radius 1 is 1.39 bits per heavy atom. The highest BCUT2D eigenvalue weighted by molar-refractivity contribution is 5.45. The van der Waals surface area contributed by atoms with Crippen molar-refractivity contribution in [3.63, 3.8) is 0 Å². The molecule has 1 aromatic heterocycles. The summed E-state index contributed by atoms with van der Waals surface area (Å²) in [4.78, 5) is 0. The predicted molar refractivity (Wildman–Crippen MR) is 64.8 cm³/mol. The van der Waals surface area contributed by atoms with Gasteiger partial charge in [-0.05, 0) is 17.7 Å². The van der Waals surface area contributed by atoms with E-state index in [0.717, 1.165) is 11.3 Å². The molecule has 0 unspecified atom stereocenters. The Balaban J connectivity index is 1.95. The second kappa shape index (κ2) is 5.84. The lowest BCUT2D eigenvalue weighted by molar-refractivity contribution is 0.408. The number of benzene rings is 1. The van der Waals surface area contributed by atoms with Crippen molar-refractivity contribution in [2.24, 2.45) is 0 Å². The van der Waals surface area contributed by atoms with Crippen LogP contribution >= 0.6 is 0 Å². The fourth-order valence-corrected chi connectivity index (χ4v) is 1.60. The lowest BCUT2D eigenvalue weighted by Crippen LogP contribution is -2.12. The number of hydrogen-bond acceptors (Lipinski definition) is 5. The molecule has 0 saturated carbocycles. The Bertz CT molecular complexity index is 544. The number of nitrogens with zero attached hydrogens (tertiary/aromatic N) is 2. The van der Waals surface area contributed by atoms with Crippen molar-refractivity contribution in [2.75, 3.05) is 7.11 Å². The Labute approximate surface area is 105 Å². The van der Waals surface area contributed by atoms with Gasteiger partial charge in [-0.2, -0.15) is 5.26 Å². The number of nitrogens with one attached hydrogen (secondary N) is 1. The van der Waals surface area contributed by atoms with Crippen molar-refractivity contribution in [1.29, 1.82) is 5.26 Å². The molecule has 0 aliphatic carbocycles. The molecule has 2 rings (SSSR count). The summed E-state index contributed by atoms with van der Waals surface area (Å²) in [5, 5.41) is 15.9. The average molecular weight is 243 g/mol. The van der Waals surface area contributed by atoms with Crippen molar-refractivity contribution < 1.29 is 9.26 Å². The first-order valence-electron chi connectivity index (χ1n) is 5.50. The zero-order chi connectivity index (χ0) is 12.8. The number of hydrogen-bond donors (Lipinski definition) is 1. The molecular formula is C13H13N3O2. The summed E-state index contributed by atoms with van der Waals surface area (Å²) in [6.45, 7) is 1.31. The molecule has 1 aromatic carbocycles. The summed E-state index contributed by atoms with van der Waals surface area (Å²) in [6.07, 6.45) is 1.54. The molecule has 0 saturated heterocycles. The lowest BCUT2D eigenvalue weighted by atomic mass is 10.1. The van der Waals surface area contributed by atoms with Crippen LogP contribution in [0.1, 0.15) is 16.8 Å². The molecule has 1 N–H and O–H groups in total. The van der Waals surface area contributed by atoms with Gasteiger partial charge in [0, 0.05) is 19.2 Å². The molecule has 1 heterocycles. The minimum absolute atomic E-state index is 0.540. The zero-order valence-corrected chi connectivity index (χ0v) is 10.0. The molecule has 2 aromatic rings. The van der Waals surface area contributed by atoms with E-state index < -0.39 is 0 Å². The van der Waals surface area contributed by atoms with E-state index in [1.807, 2.05) is 18.2 Å². The van der Waals surface area contributed by atoms with Crippen LogP contribution in [-0.2, 0) is 13.1 Å². The van der Waals surface area contributed by atoms with Crippen molar-refractivity contribution in [2.45, 2.75) is 13.1 Å². The highest BCUT2D eigenvalue weighted by atomic mass is 16.5. The van der Waals surface area contributed by atoms with E-state index in [1.165, 1.54) is 0 Å². The minimum atomic E-state index is 0.540. The standard InChI is InChI=1S/C13H13N3O2/c1-17-13-6-10(2-3-11(13)7-14)8-15-9-12-4-5-18-16-12/h2-6,15H,8-9H2,1H3. The zero-order valence-electron chi connectivity index (χ0n) is 10.0. The first-order valence-corrected chi connectivity index (χ1v) is 5.50. The topological polar surface area (TPSA) is 71.1 Å². The van der Waals surface area contributed by atoms with Crippen molar-refractivity contribution in [3.8, 4) is 11.8 Å². The van der Waals surface area contributed by atoms with Crippen LogP contribution < -0.4 is 10.1 Å². The van der Waals surface area contributed by atoms with Gasteiger partial charge in [-0.1, -0.05) is 11.2 Å². The molecule has 0 bridgehead atoms. The predicted octanol–water partition coefficient (Wildman–Crippen LogP) is 1.84. The number of nitriles is 1. The summed E-state index contributed by atoms with van der Waals surface area (Å²) >= 11 is 0. The first kappa shape index (κ1) is 12.1. The van der Waals surface area contributed by atoms with Crippen LogP contribution in [0.5, 0.6) is 5.75 Å². The molecule has 0 aliphatic heterocycles. The molecule has 0 spiro atoms. The Kier molecular flexibility index (Phi) is 3.94. The van der Waals surface area contributed by atoms with Gasteiger partial charge in [0.2, 0.25) is 0 Å². The van der Waals surface area contributed by atoms with Gasteiger partial charge in [-0.3, -0.25) is 0 Å². The van der Waals surface area contributed by atoms with Crippen LogP contribution in [0.25, 0.3) is 0 Å². The second-order valence-electron chi connectivity index (χ2n) is 3.74. The second-order valence-corrected chi connectivity index (χ2v) is 3.74. The maximum atomic E-state index is 8.88. The number of rotatable bonds is 5. The van der Waals surface area contributed by atoms with E-state index in [9.17, 15) is 0 Å². The SMILES string of the molecule is COc1cc(CNCc2ccon2)ccc1C#N. The van der Waals surface area contributed by atoms with Gasteiger partial charge < -0.3 is 14.6 Å². The first-order chi connectivity index (χ1) is 8.83. The highest BCUT2D eigenvalue weighted by Crippen LogP contribution is 2.19. The summed E-state index contributed by atoms with van der Waals surface area (Å²) < 4.78 is 9.89. The van der Waals surface area contributed by atoms with Crippen molar-refractivity contribution in [3.05, 3.63) is 47.3 Å². The van der Waals surface area contributed by atoms with E-state index in [0.29, 0.717) is 24.4 Å². The molecule has 0 fully saturated rings. The molecule has 92 valence electrons. The Morgan fingerprint density at radius 2 is 2.28 bits per heavy atom. The highest BCUT2D eigenvalue weighted by Gasteiger charge is 2.03. The summed E-state index contributed by atoms with van der Waals surface area (Å²) in [7, 11) is 1.56. The van der Waals surface area contributed by atoms with Crippen molar-refractivity contribution >= 4 is 0 Å². The third-order valence-electron chi connectivity index (χ3n) is 2.51. The lowest BCUT2D eigenvalue weighted by Gasteiger charge is -2.07. The van der Waals surface area contributed by atoms with Gasteiger partial charge in [-0.25, -0.2) is 0 Å². The van der Waals surface area contributed by atoms with Gasteiger partial charge in [0.15, 0.2) is 0 Å². The summed E-state index contributed by atoms with van der Waals surface area (Å²) in [6, 6.07) is 9.41. The Morgan fingerprint density at radius 3 is 2.94 bits per heavy atom. The molecular weight excluding hydrogens is 230 g/mol. The molecule has 0 aliphatic rings. The summed E-state index contributed by atoms with van der Waals surface area (Å²) in [5.41, 5.74) is 2.45. The van der Waals surface area contributed by atoms with E-state index in [2.05, 4.69) is 16.5 Å². The van der Waals surface area contributed by atoms with Crippen LogP contribution in [0.3, 0.4) is 0 Å². The van der Waals surface area contributed by atoms with Crippen LogP contribution in [0.4, 0.5) is 0 Å². The number of aromatic nitrogens is 1. The molecule has 5 heteroatoms. The third-order valence-corrected chi connectivity index (χ3v) is 2.51. The van der Waals surface area contributed by atoms with Crippen LogP contribution in [0.15, 0.2) is 35.1 Å². The summed E-state index contributed by atoms with van der Waals surface area (Å²) in [5.74, 6) is 0.596. The molecule has 5 nitrogen and oxygen atoms in total. The van der Waals surface area contributed by atoms with Gasteiger partial charge in [0.05, 0.1) is 18.4 Å². The van der Waals surface area contributed by atoms with Crippen molar-refractivity contribution in [1.82, 2.24) is 10.5 Å². The third kappa shape index (κ3) is 2.87. The molecule has 0 atom stereocenters. The van der Waals surface area contributed by atoms with E-state index >= 15 is 0 Å². The van der Waals surface area contributed by atoms with E-state index in [-0.39, 0.29) is 0 Å². The largest absolute Gasteiger partial charge is 0.495 e. The van der Waals surface area contributed by atoms with Crippen LogP contribution in [0, 0.1) is 11.3 Å². The molecule has 0 amide bonds. The quantitative estimate of drug-likeness (QED) is 0.867. The maximum absolute atomic E-state index is 8.88. The normalized spacial score (nSPS) is 10.0. The smallest absolute Gasteiger partial charge is 0.136 e. The number of ether oxygens (including phenoxy) is 1. The fraction of sp³-hybridized carbons (Fsp3) is 0.231. The van der Waals surface area contributed by atoms with Gasteiger partial charge >= 0.3 is 0 Å². The fourth-order valence-electron chi connectivity index (χ4n) is 1.60. The van der Waals surface area contributed by atoms with Crippen LogP contribution in [-0.4, -0.2) is 12.3 Å². The number of methoxy groups -OCH3 is 1. The average Bonchev–Trinajstić information content (AvgIpc) is 2.91. The van der Waals surface area contributed by atoms with E-state index in [1.54, 1.807) is 19.4 Å². The molecule has 18 heavy (non-hydrogen) atoms.